The molecule has 0 N–H and O–H groups in total. The highest BCUT2D eigenvalue weighted by Crippen LogP contribution is 2.30. The zero-order valence-electron chi connectivity index (χ0n) is 18.1. The van der Waals surface area contributed by atoms with E-state index in [9.17, 15) is 0 Å². The van der Waals surface area contributed by atoms with E-state index in [-0.39, 0.29) is 0 Å². The number of unbranched alkanes of at least 4 members (excludes halogenated alkanes) is 5. The van der Waals surface area contributed by atoms with Crippen LogP contribution in [0, 0.1) is 5.92 Å². The van der Waals surface area contributed by atoms with Gasteiger partial charge in [0.1, 0.15) is 5.75 Å². The van der Waals surface area contributed by atoms with Crippen LogP contribution in [0.4, 0.5) is 0 Å². The summed E-state index contributed by atoms with van der Waals surface area (Å²) in [5.74, 6) is 2.06. The van der Waals surface area contributed by atoms with Gasteiger partial charge in [-0.15, -0.1) is 0 Å². The molecule has 0 saturated carbocycles. The number of hydrogen-bond acceptors (Lipinski definition) is 5. The second kappa shape index (κ2) is 10.9. The van der Waals surface area contributed by atoms with Crippen molar-refractivity contribution in [3.8, 4) is 17.1 Å². The molecule has 3 unspecified atom stereocenters. The predicted octanol–water partition coefficient (Wildman–Crippen LogP) is 5.23. The first-order valence-electron chi connectivity index (χ1n) is 11.6. The summed E-state index contributed by atoms with van der Waals surface area (Å²) in [4.78, 5) is 9.14. The van der Waals surface area contributed by atoms with Gasteiger partial charge in [0.05, 0.1) is 32.0 Å². The van der Waals surface area contributed by atoms with E-state index in [1.165, 1.54) is 44.1 Å². The average Bonchev–Trinajstić information content (AvgIpc) is 3.69. The van der Waals surface area contributed by atoms with Crippen LogP contribution in [0.3, 0.4) is 0 Å². The van der Waals surface area contributed by atoms with Gasteiger partial charge in [0.25, 0.3) is 0 Å². The van der Waals surface area contributed by atoms with Crippen molar-refractivity contribution in [2.24, 2.45) is 5.92 Å². The van der Waals surface area contributed by atoms with E-state index in [0.717, 1.165) is 43.2 Å². The predicted molar refractivity (Wildman–Crippen MR) is 118 cm³/mol. The maximum atomic E-state index is 6.01. The monoisotopic (exact) mass is 410 g/mol. The Bertz CT molecular complexity index is 755. The Balaban J connectivity index is 1.22. The quantitative estimate of drug-likeness (QED) is 0.315. The molecule has 2 aliphatic heterocycles. The maximum Gasteiger partial charge on any atom is 0.159 e. The van der Waals surface area contributed by atoms with Crippen LogP contribution in [0.1, 0.15) is 57.4 Å². The van der Waals surface area contributed by atoms with E-state index in [1.54, 1.807) is 0 Å². The van der Waals surface area contributed by atoms with Gasteiger partial charge < -0.3 is 14.2 Å². The van der Waals surface area contributed by atoms with Gasteiger partial charge >= 0.3 is 0 Å². The Hall–Kier alpha value is -1.98. The average molecular weight is 411 g/mol. The second-order valence-corrected chi connectivity index (χ2v) is 8.59. The van der Waals surface area contributed by atoms with Crippen molar-refractivity contribution in [3.05, 3.63) is 42.2 Å². The number of hydrogen-bond donors (Lipinski definition) is 0. The van der Waals surface area contributed by atoms with Crippen molar-refractivity contribution in [2.75, 3.05) is 19.8 Å². The van der Waals surface area contributed by atoms with E-state index < -0.39 is 0 Å². The van der Waals surface area contributed by atoms with Gasteiger partial charge in [0.15, 0.2) is 5.82 Å². The fourth-order valence-corrected chi connectivity index (χ4v) is 3.84. The van der Waals surface area contributed by atoms with Crippen molar-refractivity contribution in [1.82, 2.24) is 9.97 Å². The van der Waals surface area contributed by atoms with E-state index in [0.29, 0.717) is 24.7 Å². The minimum Gasteiger partial charge on any atom is -0.493 e. The van der Waals surface area contributed by atoms with Crippen LogP contribution in [0.5, 0.6) is 5.75 Å². The van der Waals surface area contributed by atoms with E-state index in [4.69, 9.17) is 14.2 Å². The van der Waals surface area contributed by atoms with Crippen molar-refractivity contribution in [2.45, 2.75) is 70.5 Å². The first-order chi connectivity index (χ1) is 14.8. The Morgan fingerprint density at radius 2 is 1.67 bits per heavy atom. The number of rotatable bonds is 14. The van der Waals surface area contributed by atoms with Gasteiger partial charge in [0, 0.05) is 23.9 Å². The molecule has 2 aromatic rings. The molecular weight excluding hydrogens is 376 g/mol. The van der Waals surface area contributed by atoms with Crippen LogP contribution >= 0.6 is 0 Å². The SMILES string of the molecule is CCCCCCCCc1cnc(-c2ccc(OCC(CC3CO3)C3CO3)cc2)nc1. The molecule has 1 aromatic carbocycles. The number of aryl methyl sites for hydroxylation is 1. The van der Waals surface area contributed by atoms with Crippen LogP contribution in [0.25, 0.3) is 11.4 Å². The summed E-state index contributed by atoms with van der Waals surface area (Å²) in [6.07, 6.45) is 14.7. The van der Waals surface area contributed by atoms with Crippen molar-refractivity contribution >= 4 is 0 Å². The second-order valence-electron chi connectivity index (χ2n) is 8.59. The standard InChI is InChI=1S/C25H34N2O3/c1-2-3-4-5-6-7-8-19-14-26-25(27-15-19)20-9-11-22(12-10-20)28-16-21(24-18-30-24)13-23-17-29-23/h9-12,14-15,21,23-24H,2-8,13,16-18H2,1H3. The van der Waals surface area contributed by atoms with Crippen LogP contribution in [0.2, 0.25) is 0 Å². The van der Waals surface area contributed by atoms with Crippen LogP contribution in [-0.4, -0.2) is 42.0 Å². The molecule has 2 aliphatic rings. The van der Waals surface area contributed by atoms with Gasteiger partial charge in [-0.2, -0.15) is 0 Å². The fourth-order valence-electron chi connectivity index (χ4n) is 3.84. The number of epoxide rings is 2. The van der Waals surface area contributed by atoms with E-state index in [1.807, 2.05) is 36.7 Å². The largest absolute Gasteiger partial charge is 0.493 e. The normalized spacial score (nSPS) is 20.7. The summed E-state index contributed by atoms with van der Waals surface area (Å²) in [5.41, 5.74) is 2.24. The molecule has 0 bridgehead atoms. The van der Waals surface area contributed by atoms with E-state index >= 15 is 0 Å². The Kier molecular flexibility index (Phi) is 7.70. The molecule has 5 heteroatoms. The molecule has 5 nitrogen and oxygen atoms in total. The molecule has 0 aliphatic carbocycles. The molecule has 4 rings (SSSR count). The molecule has 30 heavy (non-hydrogen) atoms. The molecule has 3 heterocycles. The highest BCUT2D eigenvalue weighted by molar-refractivity contribution is 5.55. The van der Waals surface area contributed by atoms with Crippen molar-refractivity contribution < 1.29 is 14.2 Å². The first kappa shape index (κ1) is 21.3. The lowest BCUT2D eigenvalue weighted by Crippen LogP contribution is -2.20. The first-order valence-corrected chi connectivity index (χ1v) is 11.6. The summed E-state index contributed by atoms with van der Waals surface area (Å²) < 4.78 is 16.8. The number of benzene rings is 1. The van der Waals surface area contributed by atoms with Gasteiger partial charge in [-0.1, -0.05) is 39.0 Å². The number of ether oxygens (including phenoxy) is 3. The Morgan fingerprint density at radius 3 is 2.33 bits per heavy atom. The Labute approximate surface area is 180 Å². The highest BCUT2D eigenvalue weighted by Gasteiger charge is 2.38. The minimum absolute atomic E-state index is 0.344. The topological polar surface area (TPSA) is 60.1 Å². The summed E-state index contributed by atoms with van der Waals surface area (Å²) in [6, 6.07) is 8.07. The maximum absolute atomic E-state index is 6.01. The molecule has 1 aromatic heterocycles. The van der Waals surface area contributed by atoms with E-state index in [2.05, 4.69) is 16.9 Å². The highest BCUT2D eigenvalue weighted by atomic mass is 16.6. The molecule has 3 atom stereocenters. The number of aromatic nitrogens is 2. The van der Waals surface area contributed by atoms with Gasteiger partial charge in [-0.25, -0.2) is 9.97 Å². The minimum atomic E-state index is 0.344. The lowest BCUT2D eigenvalue weighted by Gasteiger charge is -2.14. The molecule has 162 valence electrons. The smallest absolute Gasteiger partial charge is 0.159 e. The lowest BCUT2D eigenvalue weighted by atomic mass is 10.0. The lowest BCUT2D eigenvalue weighted by molar-refractivity contribution is 0.190. The summed E-state index contributed by atoms with van der Waals surface area (Å²) in [6.45, 7) is 4.67. The van der Waals surface area contributed by atoms with Crippen LogP contribution in [-0.2, 0) is 15.9 Å². The summed E-state index contributed by atoms with van der Waals surface area (Å²) in [5, 5.41) is 0. The molecule has 0 spiro atoms. The molecular formula is C25H34N2O3. The zero-order valence-corrected chi connectivity index (χ0v) is 18.1. The fraction of sp³-hybridized carbons (Fsp3) is 0.600. The van der Waals surface area contributed by atoms with Gasteiger partial charge in [-0.3, -0.25) is 0 Å². The van der Waals surface area contributed by atoms with Gasteiger partial charge in [-0.05, 0) is 49.1 Å². The molecule has 2 fully saturated rings. The molecule has 2 saturated heterocycles. The summed E-state index contributed by atoms with van der Waals surface area (Å²) >= 11 is 0. The third-order valence-corrected chi connectivity index (χ3v) is 5.95. The van der Waals surface area contributed by atoms with Crippen LogP contribution in [0.15, 0.2) is 36.7 Å². The van der Waals surface area contributed by atoms with Crippen LogP contribution < -0.4 is 4.74 Å². The van der Waals surface area contributed by atoms with Crippen molar-refractivity contribution in [1.29, 1.82) is 0 Å². The summed E-state index contributed by atoms with van der Waals surface area (Å²) in [7, 11) is 0. The Morgan fingerprint density at radius 1 is 0.967 bits per heavy atom. The zero-order chi connectivity index (χ0) is 20.6. The third kappa shape index (κ3) is 6.78. The van der Waals surface area contributed by atoms with Crippen molar-refractivity contribution in [3.63, 3.8) is 0 Å². The van der Waals surface area contributed by atoms with Gasteiger partial charge in [0.2, 0.25) is 0 Å². The molecule has 0 radical (unpaired) electrons. The third-order valence-electron chi connectivity index (χ3n) is 5.95. The molecule has 0 amide bonds. The number of nitrogens with zero attached hydrogens (tertiary/aromatic N) is 2.